The summed E-state index contributed by atoms with van der Waals surface area (Å²) in [6.45, 7) is 4.07. The summed E-state index contributed by atoms with van der Waals surface area (Å²) < 4.78 is 34.1. The lowest BCUT2D eigenvalue weighted by Crippen LogP contribution is -2.37. The normalized spacial score (nSPS) is 14.3. The Bertz CT molecular complexity index is 1340. The van der Waals surface area contributed by atoms with Gasteiger partial charge in [0, 0.05) is 19.3 Å². The van der Waals surface area contributed by atoms with E-state index >= 15 is 0 Å². The fourth-order valence-corrected chi connectivity index (χ4v) is 6.07. The number of allylic oxidation sites excluding steroid dienone is 14. The van der Waals surface area contributed by atoms with Crippen molar-refractivity contribution in [2.75, 3.05) is 47.5 Å². The van der Waals surface area contributed by atoms with Gasteiger partial charge in [0.2, 0.25) is 0 Å². The van der Waals surface area contributed by atoms with Crippen molar-refractivity contribution in [2.24, 2.45) is 0 Å². The lowest BCUT2D eigenvalue weighted by molar-refractivity contribution is -0.870. The fraction of sp³-hybridized carbons (Fsp3) is 0.646. The molecular formula is C48H81NO9P+. The van der Waals surface area contributed by atoms with E-state index in [2.05, 4.69) is 68.5 Å². The molecule has 2 atom stereocenters. The zero-order valence-corrected chi connectivity index (χ0v) is 38.3. The Balaban J connectivity index is 4.56. The minimum absolute atomic E-state index is 0.000186. The second-order valence-electron chi connectivity index (χ2n) is 15.8. The number of phosphoric ester groups is 1. The van der Waals surface area contributed by atoms with Gasteiger partial charge in [0.15, 0.2) is 11.9 Å². The number of phosphoric acid groups is 1. The Hall–Kier alpha value is -3.14. The Morgan fingerprint density at radius 1 is 0.576 bits per heavy atom. The van der Waals surface area contributed by atoms with Crippen molar-refractivity contribution in [3.8, 4) is 0 Å². The standard InChI is InChI=1S/C48H80NO9P/c1-6-8-10-11-12-13-14-15-16-17-18-19-20-21-22-25-28-31-35-39-47(51)55-43-46(44-57-59(53,54)56-42-41-49(3,4)5)58-48(52)40-36-32-29-26-23-24-27-30-34-38-45(50)37-33-9-7-2/h12-13,15-16,18-19,21-22,27-28,30-31,34,38,46H,6-11,14,17,20,23-26,29,32-33,35-37,39-44H2,1-5H3/p+1/b13-12-,16-15-,19-18-,22-21-,30-27-,31-28-,38-34+/t46-/m1/s1. The minimum atomic E-state index is -4.42. The Morgan fingerprint density at radius 3 is 1.73 bits per heavy atom. The molecule has 10 nitrogen and oxygen atoms in total. The maximum absolute atomic E-state index is 12.7. The molecular weight excluding hydrogens is 765 g/mol. The van der Waals surface area contributed by atoms with Crippen molar-refractivity contribution >= 4 is 25.5 Å². The van der Waals surface area contributed by atoms with E-state index in [1.54, 1.807) is 6.08 Å². The van der Waals surface area contributed by atoms with Crippen LogP contribution in [0.4, 0.5) is 0 Å². The van der Waals surface area contributed by atoms with Crippen molar-refractivity contribution in [3.05, 3.63) is 85.1 Å². The number of hydrogen-bond donors (Lipinski definition) is 1. The summed E-state index contributed by atoms with van der Waals surface area (Å²) in [5, 5.41) is 0. The van der Waals surface area contributed by atoms with Crippen LogP contribution in [-0.2, 0) is 37.5 Å². The van der Waals surface area contributed by atoms with Crippen molar-refractivity contribution < 1.29 is 46.8 Å². The topological polar surface area (TPSA) is 125 Å². The molecule has 0 aromatic heterocycles. The third-order valence-corrected chi connectivity index (χ3v) is 9.87. The first kappa shape index (κ1) is 55.9. The lowest BCUT2D eigenvalue weighted by atomic mass is 10.1. The molecule has 1 N–H and O–H groups in total. The van der Waals surface area contributed by atoms with Gasteiger partial charge < -0.3 is 18.9 Å². The first-order valence-corrected chi connectivity index (χ1v) is 23.8. The summed E-state index contributed by atoms with van der Waals surface area (Å²) in [6, 6.07) is 0. The zero-order valence-electron chi connectivity index (χ0n) is 37.4. The van der Waals surface area contributed by atoms with E-state index in [9.17, 15) is 23.8 Å². The number of esters is 2. The first-order valence-electron chi connectivity index (χ1n) is 22.3. The van der Waals surface area contributed by atoms with Crippen LogP contribution in [0, 0.1) is 0 Å². The van der Waals surface area contributed by atoms with Crippen molar-refractivity contribution in [1.29, 1.82) is 0 Å². The number of quaternary nitrogens is 1. The van der Waals surface area contributed by atoms with Gasteiger partial charge in [-0.3, -0.25) is 23.4 Å². The molecule has 0 aliphatic heterocycles. The van der Waals surface area contributed by atoms with E-state index < -0.39 is 32.5 Å². The number of hydrogen-bond acceptors (Lipinski definition) is 8. The highest BCUT2D eigenvalue weighted by Crippen LogP contribution is 2.43. The summed E-state index contributed by atoms with van der Waals surface area (Å²) in [5.41, 5.74) is 0. The monoisotopic (exact) mass is 847 g/mol. The third-order valence-electron chi connectivity index (χ3n) is 8.89. The van der Waals surface area contributed by atoms with Crippen LogP contribution in [0.1, 0.15) is 149 Å². The van der Waals surface area contributed by atoms with Crippen LogP contribution in [0.3, 0.4) is 0 Å². The number of carbonyl (C=O) groups excluding carboxylic acids is 3. The molecule has 0 aromatic carbocycles. The second-order valence-corrected chi connectivity index (χ2v) is 17.2. The van der Waals surface area contributed by atoms with Gasteiger partial charge in [0.05, 0.1) is 27.7 Å². The van der Waals surface area contributed by atoms with Gasteiger partial charge in [0.1, 0.15) is 19.8 Å². The van der Waals surface area contributed by atoms with E-state index in [1.165, 1.54) is 25.7 Å². The van der Waals surface area contributed by atoms with Crippen LogP contribution in [0.5, 0.6) is 0 Å². The van der Waals surface area contributed by atoms with Crippen LogP contribution in [0.25, 0.3) is 0 Å². The van der Waals surface area contributed by atoms with E-state index in [0.29, 0.717) is 30.3 Å². The molecule has 0 rings (SSSR count). The number of ether oxygens (including phenoxy) is 2. The highest BCUT2D eigenvalue weighted by Gasteiger charge is 2.27. The summed E-state index contributed by atoms with van der Waals surface area (Å²) in [5.74, 6) is -0.794. The van der Waals surface area contributed by atoms with Crippen LogP contribution in [-0.4, -0.2) is 80.7 Å². The first-order chi connectivity index (χ1) is 28.4. The number of unbranched alkanes of at least 4 members (excludes halogenated alkanes) is 10. The molecule has 0 spiro atoms. The average Bonchev–Trinajstić information content (AvgIpc) is 3.18. The summed E-state index contributed by atoms with van der Waals surface area (Å²) in [6.07, 6.45) is 46.3. The van der Waals surface area contributed by atoms with Crippen LogP contribution < -0.4 is 0 Å². The molecule has 0 fully saturated rings. The van der Waals surface area contributed by atoms with Crippen molar-refractivity contribution in [2.45, 2.75) is 155 Å². The maximum atomic E-state index is 12.7. The molecule has 11 heteroatoms. The average molecular weight is 847 g/mol. The van der Waals surface area contributed by atoms with E-state index in [4.69, 9.17) is 18.5 Å². The van der Waals surface area contributed by atoms with Gasteiger partial charge in [0.25, 0.3) is 0 Å². The number of carbonyl (C=O) groups is 3. The molecule has 0 heterocycles. The van der Waals surface area contributed by atoms with Gasteiger partial charge >= 0.3 is 19.8 Å². The predicted octanol–water partition coefficient (Wildman–Crippen LogP) is 12.0. The molecule has 59 heavy (non-hydrogen) atoms. The highest BCUT2D eigenvalue weighted by molar-refractivity contribution is 7.47. The maximum Gasteiger partial charge on any atom is 0.472 e. The summed E-state index contributed by atoms with van der Waals surface area (Å²) in [7, 11) is 1.37. The van der Waals surface area contributed by atoms with E-state index in [0.717, 1.165) is 77.0 Å². The van der Waals surface area contributed by atoms with Gasteiger partial charge in [-0.2, -0.15) is 0 Å². The molecule has 336 valence electrons. The van der Waals surface area contributed by atoms with Crippen LogP contribution in [0.2, 0.25) is 0 Å². The van der Waals surface area contributed by atoms with Crippen LogP contribution in [0.15, 0.2) is 85.1 Å². The Labute approximate surface area is 358 Å². The Morgan fingerprint density at radius 2 is 1.10 bits per heavy atom. The lowest BCUT2D eigenvalue weighted by Gasteiger charge is -2.24. The molecule has 0 saturated carbocycles. The smallest absolute Gasteiger partial charge is 0.462 e. The molecule has 1 unspecified atom stereocenters. The van der Waals surface area contributed by atoms with Gasteiger partial charge in [-0.1, -0.05) is 138 Å². The van der Waals surface area contributed by atoms with E-state index in [-0.39, 0.29) is 31.8 Å². The zero-order chi connectivity index (χ0) is 43.7. The van der Waals surface area contributed by atoms with Gasteiger partial charge in [-0.25, -0.2) is 4.57 Å². The molecule has 0 bridgehead atoms. The second kappa shape index (κ2) is 39.0. The quantitative estimate of drug-likeness (QED) is 0.0122. The minimum Gasteiger partial charge on any atom is -0.462 e. The highest BCUT2D eigenvalue weighted by atomic mass is 31.2. The van der Waals surface area contributed by atoms with Crippen LogP contribution >= 0.6 is 7.82 Å². The molecule has 0 radical (unpaired) electrons. The van der Waals surface area contributed by atoms with Gasteiger partial charge in [-0.05, 0) is 76.7 Å². The van der Waals surface area contributed by atoms with E-state index in [1.807, 2.05) is 45.4 Å². The number of rotatable bonds is 39. The third kappa shape index (κ3) is 42.8. The summed E-state index contributed by atoms with van der Waals surface area (Å²) in [4.78, 5) is 47.1. The molecule has 0 saturated heterocycles. The van der Waals surface area contributed by atoms with Crippen molar-refractivity contribution in [3.63, 3.8) is 0 Å². The van der Waals surface area contributed by atoms with Gasteiger partial charge in [-0.15, -0.1) is 0 Å². The summed E-state index contributed by atoms with van der Waals surface area (Å²) >= 11 is 0. The largest absolute Gasteiger partial charge is 0.472 e. The molecule has 0 aliphatic carbocycles. The number of likely N-dealkylation sites (N-methyl/N-ethyl adjacent to an activating group) is 1. The molecule has 0 aromatic rings. The number of nitrogens with zero attached hydrogens (tertiary/aromatic N) is 1. The Kier molecular flexibility index (Phi) is 36.9. The molecule has 0 aliphatic rings. The predicted molar refractivity (Wildman–Crippen MR) is 243 cm³/mol. The van der Waals surface area contributed by atoms with Crippen molar-refractivity contribution in [1.82, 2.24) is 0 Å². The molecule has 0 amide bonds. The SMILES string of the molecule is CCCCC/C=C\C/C=C\C/C=C\C/C=C\C/C=C\CCC(=O)OC[C@H](COP(=O)(O)OCC[N+](C)(C)C)OC(=O)CCCCCCC/C=C\C=C\C(=O)CCCCC. The number of ketones is 1. The fourth-order valence-electron chi connectivity index (χ4n) is 5.33.